The number of aromatic nitrogens is 3. The summed E-state index contributed by atoms with van der Waals surface area (Å²) in [6.45, 7) is 4.92. The van der Waals surface area contributed by atoms with E-state index in [-0.39, 0.29) is 5.91 Å². The molecule has 2 aromatic carbocycles. The molecule has 1 aromatic heterocycles. The first-order chi connectivity index (χ1) is 16.6. The van der Waals surface area contributed by atoms with Crippen LogP contribution in [0.4, 0.5) is 11.6 Å². The van der Waals surface area contributed by atoms with Gasteiger partial charge in [0.1, 0.15) is 25.0 Å². The molecule has 0 aliphatic carbocycles. The Balaban J connectivity index is 1.55. The molecule has 0 saturated carbocycles. The Labute approximate surface area is 201 Å². The molecule has 0 bridgehead atoms. The number of allylic oxidation sites excluding steroid dienone is 1. The van der Waals surface area contributed by atoms with Crippen molar-refractivity contribution in [3.63, 3.8) is 0 Å². The molecule has 2 N–H and O–H groups in total. The fourth-order valence-electron chi connectivity index (χ4n) is 4.03. The van der Waals surface area contributed by atoms with E-state index in [9.17, 15) is 4.79 Å². The summed E-state index contributed by atoms with van der Waals surface area (Å²) in [4.78, 5) is 18.2. The van der Waals surface area contributed by atoms with Crippen LogP contribution < -0.4 is 24.8 Å². The third-order valence-corrected chi connectivity index (χ3v) is 6.30. The summed E-state index contributed by atoms with van der Waals surface area (Å²) >= 11 is 1.55. The number of benzene rings is 2. The number of nitrogens with zero attached hydrogens (tertiary/aromatic N) is 3. The molecule has 10 heteroatoms. The average molecular weight is 480 g/mol. The van der Waals surface area contributed by atoms with E-state index in [1.54, 1.807) is 47.8 Å². The molecule has 3 heterocycles. The summed E-state index contributed by atoms with van der Waals surface area (Å²) in [6.07, 6.45) is 0. The molecule has 0 radical (unpaired) electrons. The number of carbonyl (C=O) groups excluding carboxylic acids is 1. The smallest absolute Gasteiger partial charge is 0.255 e. The number of fused-ring (bicyclic) bond motifs is 2. The lowest BCUT2D eigenvalue weighted by Gasteiger charge is -2.29. The molecule has 0 spiro atoms. The third kappa shape index (κ3) is 4.16. The Morgan fingerprint density at radius 2 is 1.97 bits per heavy atom. The molecule has 2 aliphatic heterocycles. The molecule has 3 aromatic rings. The van der Waals surface area contributed by atoms with E-state index in [0.717, 1.165) is 17.1 Å². The van der Waals surface area contributed by atoms with Gasteiger partial charge in [0.25, 0.3) is 5.91 Å². The van der Waals surface area contributed by atoms with E-state index in [2.05, 4.69) is 15.6 Å². The number of thioether (sulfide) groups is 1. The van der Waals surface area contributed by atoms with Crippen molar-refractivity contribution in [2.75, 3.05) is 36.7 Å². The number of hydrogen-bond donors (Lipinski definition) is 2. The van der Waals surface area contributed by atoms with Crippen LogP contribution in [0.1, 0.15) is 25.5 Å². The van der Waals surface area contributed by atoms with Crippen molar-refractivity contribution in [2.45, 2.75) is 25.0 Å². The highest BCUT2D eigenvalue weighted by Gasteiger charge is 2.35. The highest BCUT2D eigenvalue weighted by molar-refractivity contribution is 7.99. The zero-order chi connectivity index (χ0) is 23.7. The monoisotopic (exact) mass is 479 g/mol. The zero-order valence-electron chi connectivity index (χ0n) is 19.1. The van der Waals surface area contributed by atoms with E-state index in [0.29, 0.717) is 52.8 Å². The number of nitrogens with one attached hydrogen (secondary N) is 2. The summed E-state index contributed by atoms with van der Waals surface area (Å²) in [5, 5.41) is 11.6. The molecular formula is C24H25N5O4S. The minimum Gasteiger partial charge on any atom is -0.497 e. The second-order valence-electron chi connectivity index (χ2n) is 7.75. The van der Waals surface area contributed by atoms with Crippen LogP contribution in [0.5, 0.6) is 17.2 Å². The first-order valence-corrected chi connectivity index (χ1v) is 12.0. The first kappa shape index (κ1) is 22.1. The highest BCUT2D eigenvalue weighted by Crippen LogP contribution is 2.40. The maximum absolute atomic E-state index is 13.6. The van der Waals surface area contributed by atoms with Gasteiger partial charge in [-0.15, -0.1) is 5.10 Å². The van der Waals surface area contributed by atoms with E-state index in [1.807, 2.05) is 32.0 Å². The van der Waals surface area contributed by atoms with Crippen LogP contribution in [0.25, 0.3) is 0 Å². The molecule has 5 rings (SSSR count). The van der Waals surface area contributed by atoms with Crippen molar-refractivity contribution < 1.29 is 19.0 Å². The molecular weight excluding hydrogens is 454 g/mol. The standard InChI is InChI=1S/C24H25N5O4S/c1-4-34-24-27-23-25-14(2)20(22(30)26-16-6-8-17(31-3)9-7-16)21(29(23)28-24)15-5-10-18-19(13-15)33-12-11-32-18/h5-10,13,21H,4,11-12H2,1-3H3,(H,26,30)(H,25,27,28). The maximum atomic E-state index is 13.6. The molecule has 1 amide bonds. The maximum Gasteiger partial charge on any atom is 0.255 e. The van der Waals surface area contributed by atoms with E-state index < -0.39 is 6.04 Å². The number of ether oxygens (including phenoxy) is 3. The molecule has 1 unspecified atom stereocenters. The van der Waals surface area contributed by atoms with Gasteiger partial charge >= 0.3 is 0 Å². The molecule has 0 fully saturated rings. The Bertz CT molecular complexity index is 1250. The Hall–Kier alpha value is -3.66. The van der Waals surface area contributed by atoms with Crippen molar-refractivity contribution in [3.05, 3.63) is 59.3 Å². The molecule has 2 aliphatic rings. The lowest BCUT2D eigenvalue weighted by atomic mass is 9.94. The second-order valence-corrected chi connectivity index (χ2v) is 8.98. The van der Waals surface area contributed by atoms with Gasteiger partial charge in [-0.25, -0.2) is 4.68 Å². The Kier molecular flexibility index (Phi) is 6.06. The van der Waals surface area contributed by atoms with Gasteiger partial charge in [0.15, 0.2) is 11.5 Å². The van der Waals surface area contributed by atoms with Crippen LogP contribution in [0.3, 0.4) is 0 Å². The summed E-state index contributed by atoms with van der Waals surface area (Å²) in [7, 11) is 1.61. The van der Waals surface area contributed by atoms with Gasteiger partial charge in [-0.3, -0.25) is 4.79 Å². The number of methoxy groups -OCH3 is 1. The zero-order valence-corrected chi connectivity index (χ0v) is 19.9. The Morgan fingerprint density at radius 3 is 2.71 bits per heavy atom. The molecule has 34 heavy (non-hydrogen) atoms. The minimum atomic E-state index is -0.496. The predicted molar refractivity (Wildman–Crippen MR) is 130 cm³/mol. The van der Waals surface area contributed by atoms with E-state index in [4.69, 9.17) is 19.3 Å². The number of carbonyl (C=O) groups is 1. The number of anilines is 2. The normalized spacial score (nSPS) is 16.5. The molecule has 9 nitrogen and oxygen atoms in total. The van der Waals surface area contributed by atoms with Gasteiger partial charge in [-0.1, -0.05) is 24.8 Å². The van der Waals surface area contributed by atoms with Crippen molar-refractivity contribution in [3.8, 4) is 17.2 Å². The summed E-state index contributed by atoms with van der Waals surface area (Å²) in [6, 6.07) is 12.4. The fraction of sp³-hybridized carbons (Fsp3) is 0.292. The molecule has 0 saturated heterocycles. The Morgan fingerprint density at radius 1 is 1.21 bits per heavy atom. The SMILES string of the molecule is CCSc1nc2n(n1)C(c1ccc3c(c1)OCCO3)C(C(=O)Nc1ccc(OC)cc1)=C(C)N2. The van der Waals surface area contributed by atoms with Crippen LogP contribution >= 0.6 is 11.8 Å². The van der Waals surface area contributed by atoms with Crippen molar-refractivity contribution >= 4 is 29.3 Å². The summed E-state index contributed by atoms with van der Waals surface area (Å²) in [5.41, 5.74) is 2.76. The van der Waals surface area contributed by atoms with Crippen molar-refractivity contribution in [1.29, 1.82) is 0 Å². The minimum absolute atomic E-state index is 0.235. The fourth-order valence-corrected chi connectivity index (χ4v) is 4.58. The molecule has 176 valence electrons. The van der Waals surface area contributed by atoms with Crippen LogP contribution in [-0.4, -0.2) is 46.7 Å². The van der Waals surface area contributed by atoms with Gasteiger partial charge in [-0.2, -0.15) is 4.98 Å². The highest BCUT2D eigenvalue weighted by atomic mass is 32.2. The topological polar surface area (TPSA) is 99.5 Å². The van der Waals surface area contributed by atoms with Crippen LogP contribution in [0.2, 0.25) is 0 Å². The summed E-state index contributed by atoms with van der Waals surface area (Å²) < 4.78 is 18.5. The predicted octanol–water partition coefficient (Wildman–Crippen LogP) is 4.10. The van der Waals surface area contributed by atoms with Crippen molar-refractivity contribution in [2.24, 2.45) is 0 Å². The molecule has 1 atom stereocenters. The number of hydrogen-bond acceptors (Lipinski definition) is 8. The largest absolute Gasteiger partial charge is 0.497 e. The number of amides is 1. The second kappa shape index (κ2) is 9.30. The average Bonchev–Trinajstić information content (AvgIpc) is 3.25. The van der Waals surface area contributed by atoms with Crippen molar-refractivity contribution in [1.82, 2.24) is 14.8 Å². The van der Waals surface area contributed by atoms with E-state index in [1.165, 1.54) is 0 Å². The van der Waals surface area contributed by atoms with Crippen LogP contribution in [0, 0.1) is 0 Å². The van der Waals surface area contributed by atoms with Gasteiger partial charge in [0.2, 0.25) is 11.1 Å². The van der Waals surface area contributed by atoms with Gasteiger partial charge < -0.3 is 24.8 Å². The van der Waals surface area contributed by atoms with Gasteiger partial charge in [-0.05, 0) is 54.6 Å². The van der Waals surface area contributed by atoms with Gasteiger partial charge in [0.05, 0.1) is 12.7 Å². The lowest BCUT2D eigenvalue weighted by molar-refractivity contribution is -0.113. The quantitative estimate of drug-likeness (QED) is 0.510. The van der Waals surface area contributed by atoms with E-state index >= 15 is 0 Å². The number of rotatable bonds is 6. The third-order valence-electron chi connectivity index (χ3n) is 5.58. The van der Waals surface area contributed by atoms with Gasteiger partial charge in [0, 0.05) is 11.4 Å². The lowest BCUT2D eigenvalue weighted by Crippen LogP contribution is -2.31. The van der Waals surface area contributed by atoms with Crippen LogP contribution in [0.15, 0.2) is 58.9 Å². The summed E-state index contributed by atoms with van der Waals surface area (Å²) in [5.74, 6) is 3.26. The first-order valence-electron chi connectivity index (χ1n) is 11.0. The van der Waals surface area contributed by atoms with Crippen LogP contribution in [-0.2, 0) is 4.79 Å².